The van der Waals surface area contributed by atoms with E-state index in [2.05, 4.69) is 0 Å². The molecule has 1 aromatic carbocycles. The van der Waals surface area contributed by atoms with E-state index in [1.165, 1.54) is 11.0 Å². The molecule has 0 saturated carbocycles. The molecule has 7 heteroatoms. The highest BCUT2D eigenvalue weighted by Crippen LogP contribution is 2.32. The van der Waals surface area contributed by atoms with Gasteiger partial charge in [0.25, 0.3) is 0 Å². The minimum Gasteiger partial charge on any atom is -0.329 e. The summed E-state index contributed by atoms with van der Waals surface area (Å²) in [6.45, 7) is 3.94. The molecular formula is C17H19F3N2O2. The Morgan fingerprint density at radius 2 is 1.92 bits per heavy atom. The summed E-state index contributed by atoms with van der Waals surface area (Å²) >= 11 is 0. The topological polar surface area (TPSA) is 40.6 Å². The predicted molar refractivity (Wildman–Crippen MR) is 80.9 cm³/mol. The number of piperazine rings is 1. The Balaban J connectivity index is 1.90. The summed E-state index contributed by atoms with van der Waals surface area (Å²) in [6.07, 6.45) is -3.03. The van der Waals surface area contributed by atoms with E-state index in [1.807, 2.05) is 0 Å². The first kappa shape index (κ1) is 16.8. The van der Waals surface area contributed by atoms with Crippen molar-refractivity contribution < 1.29 is 22.8 Å². The van der Waals surface area contributed by atoms with Gasteiger partial charge in [-0.3, -0.25) is 9.59 Å². The summed E-state index contributed by atoms with van der Waals surface area (Å²) < 4.78 is 38.8. The van der Waals surface area contributed by atoms with Crippen LogP contribution < -0.4 is 0 Å². The third-order valence-corrected chi connectivity index (χ3v) is 4.95. The molecule has 2 amide bonds. The fourth-order valence-corrected chi connectivity index (χ4v) is 3.46. The van der Waals surface area contributed by atoms with Gasteiger partial charge in [-0.05, 0) is 49.9 Å². The average Bonchev–Trinajstić information content (AvgIpc) is 2.99. The van der Waals surface area contributed by atoms with Gasteiger partial charge >= 0.3 is 6.18 Å². The monoisotopic (exact) mass is 340 g/mol. The molecule has 24 heavy (non-hydrogen) atoms. The number of hydrogen-bond donors (Lipinski definition) is 0. The van der Waals surface area contributed by atoms with Gasteiger partial charge in [-0.1, -0.05) is 6.07 Å². The number of amides is 2. The van der Waals surface area contributed by atoms with Crippen LogP contribution in [-0.4, -0.2) is 40.2 Å². The molecule has 2 aliphatic heterocycles. The second-order valence-electron chi connectivity index (χ2n) is 6.47. The quantitative estimate of drug-likeness (QED) is 0.831. The van der Waals surface area contributed by atoms with E-state index in [-0.39, 0.29) is 18.4 Å². The van der Waals surface area contributed by atoms with Gasteiger partial charge in [-0.25, -0.2) is 0 Å². The number of hydrogen-bond acceptors (Lipinski definition) is 2. The van der Waals surface area contributed by atoms with Crippen LogP contribution in [0.15, 0.2) is 18.2 Å². The normalized spacial score (nSPS) is 24.5. The molecular weight excluding hydrogens is 321 g/mol. The van der Waals surface area contributed by atoms with Gasteiger partial charge in [-0.2, -0.15) is 13.2 Å². The van der Waals surface area contributed by atoms with Crippen LogP contribution >= 0.6 is 0 Å². The van der Waals surface area contributed by atoms with E-state index in [0.717, 1.165) is 18.6 Å². The Morgan fingerprint density at radius 3 is 2.58 bits per heavy atom. The number of fused-ring (bicyclic) bond motifs is 1. The zero-order chi connectivity index (χ0) is 17.6. The number of alkyl halides is 3. The second-order valence-corrected chi connectivity index (χ2v) is 6.47. The zero-order valence-corrected chi connectivity index (χ0v) is 13.6. The van der Waals surface area contributed by atoms with Gasteiger partial charge in [-0.15, -0.1) is 0 Å². The SMILES string of the molecule is Cc1ccc(C(F)(F)F)cc1CN1C(=O)[C@H]2CCCN2C(=O)[C@@H]1C. The molecule has 2 atom stereocenters. The van der Waals surface area contributed by atoms with E-state index >= 15 is 0 Å². The van der Waals surface area contributed by atoms with Gasteiger partial charge in [0, 0.05) is 13.1 Å². The highest BCUT2D eigenvalue weighted by Gasteiger charge is 2.46. The number of carbonyl (C=O) groups excluding carboxylic acids is 2. The first-order chi connectivity index (χ1) is 11.2. The highest BCUT2D eigenvalue weighted by molar-refractivity contribution is 5.97. The van der Waals surface area contributed by atoms with Gasteiger partial charge in [0.1, 0.15) is 12.1 Å². The molecule has 0 spiro atoms. The molecule has 0 unspecified atom stereocenters. The third-order valence-electron chi connectivity index (χ3n) is 4.95. The summed E-state index contributed by atoms with van der Waals surface area (Å²) in [6, 6.07) is 2.40. The van der Waals surface area contributed by atoms with Crippen molar-refractivity contribution in [3.63, 3.8) is 0 Å². The molecule has 130 valence electrons. The molecule has 0 bridgehead atoms. The smallest absolute Gasteiger partial charge is 0.329 e. The molecule has 2 aliphatic rings. The number of benzene rings is 1. The molecule has 1 aromatic rings. The van der Waals surface area contributed by atoms with Gasteiger partial charge in [0.15, 0.2) is 0 Å². The van der Waals surface area contributed by atoms with E-state index < -0.39 is 23.8 Å². The third kappa shape index (κ3) is 2.76. The van der Waals surface area contributed by atoms with Gasteiger partial charge in [0.2, 0.25) is 11.8 Å². The van der Waals surface area contributed by atoms with Gasteiger partial charge in [0.05, 0.1) is 5.56 Å². The molecule has 2 fully saturated rings. The lowest BCUT2D eigenvalue weighted by Gasteiger charge is -2.41. The first-order valence-corrected chi connectivity index (χ1v) is 7.98. The molecule has 0 aliphatic carbocycles. The number of nitrogens with zero attached hydrogens (tertiary/aromatic N) is 2. The Morgan fingerprint density at radius 1 is 1.21 bits per heavy atom. The summed E-state index contributed by atoms with van der Waals surface area (Å²) in [4.78, 5) is 28.1. The summed E-state index contributed by atoms with van der Waals surface area (Å²) in [5.41, 5.74) is 0.350. The number of rotatable bonds is 2. The van der Waals surface area contributed by atoms with Crippen LogP contribution in [-0.2, 0) is 22.3 Å². The molecule has 0 N–H and O–H groups in total. The lowest BCUT2D eigenvalue weighted by molar-refractivity contribution is -0.159. The molecule has 3 rings (SSSR count). The Hall–Kier alpha value is -2.05. The van der Waals surface area contributed by atoms with Crippen LogP contribution in [0, 0.1) is 6.92 Å². The van der Waals surface area contributed by atoms with E-state index in [1.54, 1.807) is 18.7 Å². The highest BCUT2D eigenvalue weighted by atomic mass is 19.4. The van der Waals surface area contributed by atoms with Gasteiger partial charge < -0.3 is 9.80 Å². The van der Waals surface area contributed by atoms with Crippen molar-refractivity contribution in [3.05, 3.63) is 34.9 Å². The molecule has 2 heterocycles. The minimum atomic E-state index is -4.43. The summed E-state index contributed by atoms with van der Waals surface area (Å²) in [7, 11) is 0. The molecule has 0 aromatic heterocycles. The molecule has 2 saturated heterocycles. The summed E-state index contributed by atoms with van der Waals surface area (Å²) in [5, 5.41) is 0. The largest absolute Gasteiger partial charge is 0.416 e. The number of halogens is 3. The second kappa shape index (κ2) is 5.79. The maximum Gasteiger partial charge on any atom is 0.416 e. The zero-order valence-electron chi connectivity index (χ0n) is 13.6. The van der Waals surface area contributed by atoms with Crippen molar-refractivity contribution in [2.24, 2.45) is 0 Å². The average molecular weight is 340 g/mol. The Bertz CT molecular complexity index is 687. The van der Waals surface area contributed by atoms with Crippen molar-refractivity contribution in [3.8, 4) is 0 Å². The predicted octanol–water partition coefficient (Wildman–Crippen LogP) is 2.74. The minimum absolute atomic E-state index is 0.0197. The lowest BCUT2D eigenvalue weighted by atomic mass is 10.0. The Labute approximate surface area is 138 Å². The van der Waals surface area contributed by atoms with Crippen molar-refractivity contribution in [2.75, 3.05) is 6.54 Å². The van der Waals surface area contributed by atoms with Crippen molar-refractivity contribution in [2.45, 2.75) is 51.5 Å². The maximum absolute atomic E-state index is 12.9. The van der Waals surface area contributed by atoms with Crippen molar-refractivity contribution in [1.29, 1.82) is 0 Å². The fraction of sp³-hybridized carbons (Fsp3) is 0.529. The van der Waals surface area contributed by atoms with Crippen LogP contribution in [0.2, 0.25) is 0 Å². The maximum atomic E-state index is 12.9. The van der Waals surface area contributed by atoms with Crippen LogP contribution in [0.4, 0.5) is 13.2 Å². The van der Waals surface area contributed by atoms with Crippen molar-refractivity contribution in [1.82, 2.24) is 9.80 Å². The molecule has 4 nitrogen and oxygen atoms in total. The molecule has 0 radical (unpaired) electrons. The fourth-order valence-electron chi connectivity index (χ4n) is 3.46. The Kier molecular flexibility index (Phi) is 4.05. The van der Waals surface area contributed by atoms with E-state index in [4.69, 9.17) is 0 Å². The van der Waals surface area contributed by atoms with Crippen LogP contribution in [0.25, 0.3) is 0 Å². The van der Waals surface area contributed by atoms with Crippen LogP contribution in [0.3, 0.4) is 0 Å². The number of carbonyl (C=O) groups is 2. The summed E-state index contributed by atoms with van der Waals surface area (Å²) in [5.74, 6) is -0.293. The van der Waals surface area contributed by atoms with E-state index in [9.17, 15) is 22.8 Å². The van der Waals surface area contributed by atoms with Crippen molar-refractivity contribution >= 4 is 11.8 Å². The van der Waals surface area contributed by atoms with Crippen LogP contribution in [0.5, 0.6) is 0 Å². The first-order valence-electron chi connectivity index (χ1n) is 7.98. The lowest BCUT2D eigenvalue weighted by Crippen LogP contribution is -2.61. The van der Waals surface area contributed by atoms with E-state index in [0.29, 0.717) is 24.1 Å². The number of aryl methyl sites for hydroxylation is 1. The standard InChI is InChI=1S/C17H19F3N2O2/c1-10-5-6-13(17(18,19)20)8-12(10)9-22-11(2)15(23)21-7-3-4-14(21)16(22)24/h5-6,8,11,14H,3-4,7,9H2,1-2H3/t11-,14+/m0/s1. The van der Waals surface area contributed by atoms with Crippen LogP contribution in [0.1, 0.15) is 36.5 Å².